The number of anilines is 1. The zero-order valence-electron chi connectivity index (χ0n) is 16.3. The fourth-order valence-electron chi connectivity index (χ4n) is 3.71. The summed E-state index contributed by atoms with van der Waals surface area (Å²) >= 11 is 0. The maximum atomic E-state index is 12.7. The molecule has 1 aliphatic rings. The van der Waals surface area contributed by atoms with Crippen LogP contribution in [-0.2, 0) is 10.0 Å². The lowest BCUT2D eigenvalue weighted by atomic mass is 9.99. The van der Waals surface area contributed by atoms with Gasteiger partial charge in [0.1, 0.15) is 0 Å². The number of pyridine rings is 2. The number of hydrogen-bond donors (Lipinski definition) is 3. The molecule has 0 saturated heterocycles. The second kappa shape index (κ2) is 8.44. The van der Waals surface area contributed by atoms with E-state index in [4.69, 9.17) is 0 Å². The molecule has 2 aromatic heterocycles. The summed E-state index contributed by atoms with van der Waals surface area (Å²) in [5.41, 5.74) is 2.42. The summed E-state index contributed by atoms with van der Waals surface area (Å²) in [6, 6.07) is 8.74. The first-order chi connectivity index (χ1) is 14.0. The molecule has 8 heteroatoms. The van der Waals surface area contributed by atoms with Crippen molar-refractivity contribution in [1.82, 2.24) is 20.0 Å². The Labute approximate surface area is 171 Å². The number of rotatable bonds is 8. The van der Waals surface area contributed by atoms with Crippen molar-refractivity contribution in [1.29, 1.82) is 0 Å². The highest BCUT2D eigenvalue weighted by Gasteiger charge is 2.22. The van der Waals surface area contributed by atoms with Crippen molar-refractivity contribution in [2.75, 3.05) is 25.0 Å². The second-order valence-electron chi connectivity index (χ2n) is 7.44. The van der Waals surface area contributed by atoms with E-state index in [1.165, 1.54) is 5.56 Å². The molecule has 4 rings (SSSR count). The van der Waals surface area contributed by atoms with Crippen LogP contribution in [0.2, 0.25) is 0 Å². The SMILES string of the molecule is C[C@H](CNCCC1CNc2cnccc21)NS(=O)(=O)c1ccc2cnccc2c1. The lowest BCUT2D eigenvalue weighted by molar-refractivity contribution is 0.522. The van der Waals surface area contributed by atoms with Gasteiger partial charge in [-0.2, -0.15) is 0 Å². The van der Waals surface area contributed by atoms with Gasteiger partial charge in [0.15, 0.2) is 0 Å². The number of nitrogens with zero attached hydrogens (tertiary/aromatic N) is 2. The fraction of sp³-hybridized carbons (Fsp3) is 0.333. The molecule has 29 heavy (non-hydrogen) atoms. The predicted octanol–water partition coefficient (Wildman–Crippen LogP) is 2.49. The minimum atomic E-state index is -3.57. The van der Waals surface area contributed by atoms with Gasteiger partial charge in [0, 0.05) is 49.0 Å². The molecule has 1 aliphatic heterocycles. The molecule has 7 nitrogen and oxygen atoms in total. The Morgan fingerprint density at radius 3 is 2.86 bits per heavy atom. The van der Waals surface area contributed by atoms with Gasteiger partial charge in [-0.1, -0.05) is 6.07 Å². The van der Waals surface area contributed by atoms with Gasteiger partial charge >= 0.3 is 0 Å². The molecule has 0 fully saturated rings. The zero-order valence-corrected chi connectivity index (χ0v) is 17.1. The summed E-state index contributed by atoms with van der Waals surface area (Å²) in [5, 5.41) is 8.52. The Kier molecular flexibility index (Phi) is 5.75. The molecule has 0 saturated carbocycles. The molecule has 0 radical (unpaired) electrons. The van der Waals surface area contributed by atoms with Crippen LogP contribution in [-0.4, -0.2) is 44.1 Å². The van der Waals surface area contributed by atoms with Crippen LogP contribution >= 0.6 is 0 Å². The molecule has 3 N–H and O–H groups in total. The van der Waals surface area contributed by atoms with Crippen molar-refractivity contribution in [2.24, 2.45) is 0 Å². The number of sulfonamides is 1. The largest absolute Gasteiger partial charge is 0.383 e. The highest BCUT2D eigenvalue weighted by molar-refractivity contribution is 7.89. The average molecular weight is 412 g/mol. The third kappa shape index (κ3) is 4.55. The summed E-state index contributed by atoms with van der Waals surface area (Å²) in [6.45, 7) is 4.18. The van der Waals surface area contributed by atoms with Crippen LogP contribution in [0.3, 0.4) is 0 Å². The van der Waals surface area contributed by atoms with E-state index in [1.54, 1.807) is 30.6 Å². The first-order valence-corrected chi connectivity index (χ1v) is 11.3. The van der Waals surface area contributed by atoms with Crippen LogP contribution in [0.4, 0.5) is 5.69 Å². The molecule has 0 amide bonds. The zero-order chi connectivity index (χ0) is 20.3. The summed E-state index contributed by atoms with van der Waals surface area (Å²) in [7, 11) is -3.57. The monoisotopic (exact) mass is 411 g/mol. The van der Waals surface area contributed by atoms with Crippen molar-refractivity contribution < 1.29 is 8.42 Å². The van der Waals surface area contributed by atoms with Crippen LogP contribution in [0.1, 0.15) is 24.8 Å². The van der Waals surface area contributed by atoms with Crippen LogP contribution in [0.5, 0.6) is 0 Å². The minimum absolute atomic E-state index is 0.216. The Hall–Kier alpha value is -2.55. The Morgan fingerprint density at radius 1 is 1.14 bits per heavy atom. The second-order valence-corrected chi connectivity index (χ2v) is 9.15. The first-order valence-electron chi connectivity index (χ1n) is 9.77. The number of nitrogens with one attached hydrogen (secondary N) is 3. The fourth-order valence-corrected chi connectivity index (χ4v) is 4.99. The standard InChI is InChI=1S/C21H25N5O2S/c1-15(11-22-8-5-18-13-25-21-14-24-9-6-20(18)21)26-29(27,28)19-3-2-17-12-23-7-4-16(17)10-19/h2-4,6-7,9-10,12,14-15,18,22,25-26H,5,8,11,13H2,1H3/t15-,18?/m1/s1. The van der Waals surface area contributed by atoms with Gasteiger partial charge in [0.2, 0.25) is 10.0 Å². The van der Waals surface area contributed by atoms with E-state index in [2.05, 4.69) is 31.4 Å². The van der Waals surface area contributed by atoms with Gasteiger partial charge in [-0.05, 0) is 55.1 Å². The molecular weight excluding hydrogens is 386 g/mol. The lowest BCUT2D eigenvalue weighted by Crippen LogP contribution is -2.40. The maximum Gasteiger partial charge on any atom is 0.240 e. The number of hydrogen-bond acceptors (Lipinski definition) is 6. The summed E-state index contributed by atoms with van der Waals surface area (Å²) in [4.78, 5) is 8.46. The van der Waals surface area contributed by atoms with Gasteiger partial charge in [-0.25, -0.2) is 13.1 Å². The third-order valence-electron chi connectivity index (χ3n) is 5.23. The average Bonchev–Trinajstić information content (AvgIpc) is 3.14. The van der Waals surface area contributed by atoms with E-state index in [0.29, 0.717) is 12.5 Å². The quantitative estimate of drug-likeness (QED) is 0.493. The molecular formula is C21H25N5O2S. The number of fused-ring (bicyclic) bond motifs is 2. The minimum Gasteiger partial charge on any atom is -0.383 e. The van der Waals surface area contributed by atoms with Crippen LogP contribution in [0, 0.1) is 0 Å². The van der Waals surface area contributed by atoms with Gasteiger partial charge in [0.25, 0.3) is 0 Å². The van der Waals surface area contributed by atoms with E-state index in [0.717, 1.165) is 36.0 Å². The van der Waals surface area contributed by atoms with E-state index < -0.39 is 10.0 Å². The van der Waals surface area contributed by atoms with Crippen molar-refractivity contribution in [2.45, 2.75) is 30.2 Å². The summed E-state index contributed by atoms with van der Waals surface area (Å²) < 4.78 is 28.1. The van der Waals surface area contributed by atoms with Crippen molar-refractivity contribution in [3.05, 3.63) is 60.7 Å². The molecule has 3 heterocycles. The molecule has 3 aromatic rings. The number of aromatic nitrogens is 2. The third-order valence-corrected chi connectivity index (χ3v) is 6.82. The first kappa shape index (κ1) is 19.8. The molecule has 1 unspecified atom stereocenters. The Bertz CT molecular complexity index is 1100. The number of benzene rings is 1. The van der Waals surface area contributed by atoms with Crippen LogP contribution in [0.25, 0.3) is 10.8 Å². The summed E-state index contributed by atoms with van der Waals surface area (Å²) in [6.07, 6.45) is 8.06. The van der Waals surface area contributed by atoms with Crippen LogP contribution in [0.15, 0.2) is 60.0 Å². The molecule has 0 aliphatic carbocycles. The molecule has 152 valence electrons. The molecule has 0 spiro atoms. The summed E-state index contributed by atoms with van der Waals surface area (Å²) in [5.74, 6) is 0.458. The van der Waals surface area contributed by atoms with E-state index in [9.17, 15) is 8.42 Å². The maximum absolute atomic E-state index is 12.7. The molecule has 1 aromatic carbocycles. The van der Waals surface area contributed by atoms with E-state index in [-0.39, 0.29) is 10.9 Å². The Morgan fingerprint density at radius 2 is 1.97 bits per heavy atom. The highest BCUT2D eigenvalue weighted by atomic mass is 32.2. The van der Waals surface area contributed by atoms with Crippen LogP contribution < -0.4 is 15.4 Å². The van der Waals surface area contributed by atoms with Crippen molar-refractivity contribution >= 4 is 26.5 Å². The van der Waals surface area contributed by atoms with Crippen molar-refractivity contribution in [3.8, 4) is 0 Å². The lowest BCUT2D eigenvalue weighted by Gasteiger charge is -2.16. The topological polar surface area (TPSA) is 96.0 Å². The van der Waals surface area contributed by atoms with Gasteiger partial charge in [-0.3, -0.25) is 9.97 Å². The van der Waals surface area contributed by atoms with E-state index >= 15 is 0 Å². The Balaban J connectivity index is 1.28. The van der Waals surface area contributed by atoms with Gasteiger partial charge in [-0.15, -0.1) is 0 Å². The van der Waals surface area contributed by atoms with E-state index in [1.807, 2.05) is 25.4 Å². The molecule has 2 atom stereocenters. The normalized spacial score (nSPS) is 17.1. The smallest absolute Gasteiger partial charge is 0.240 e. The highest BCUT2D eigenvalue weighted by Crippen LogP contribution is 2.32. The molecule has 0 bridgehead atoms. The van der Waals surface area contributed by atoms with Crippen molar-refractivity contribution in [3.63, 3.8) is 0 Å². The van der Waals surface area contributed by atoms with Gasteiger partial charge in [0.05, 0.1) is 16.8 Å². The predicted molar refractivity (Wildman–Crippen MR) is 114 cm³/mol. The van der Waals surface area contributed by atoms with Gasteiger partial charge < -0.3 is 10.6 Å².